The number of aliphatic carboxylic acids is 1. The van der Waals surface area contributed by atoms with Gasteiger partial charge in [0.15, 0.2) is 23.3 Å². The number of rotatable bonds is 9. The highest BCUT2D eigenvalue weighted by atomic mass is 19.1. The normalized spacial score (nSPS) is 26.4. The fourth-order valence-corrected chi connectivity index (χ4v) is 11.6. The molecule has 1 saturated heterocycles. The van der Waals surface area contributed by atoms with Crippen molar-refractivity contribution in [1.29, 1.82) is 0 Å². The van der Waals surface area contributed by atoms with Crippen LogP contribution in [0.1, 0.15) is 69.2 Å². The van der Waals surface area contributed by atoms with Gasteiger partial charge in [-0.15, -0.1) is 0 Å². The minimum atomic E-state index is -0.755. The van der Waals surface area contributed by atoms with Crippen molar-refractivity contribution in [3.8, 4) is 22.8 Å². The monoisotopic (exact) mass is 835 g/mol. The first-order valence-electron chi connectivity index (χ1n) is 21.3. The molecular formula is C45H45F4N9O3. The molecule has 6 aromatic rings. The predicted octanol–water partition coefficient (Wildman–Crippen LogP) is 8.10. The number of carbonyl (C=O) groups is 2. The minimum Gasteiger partial charge on any atom is -0.481 e. The van der Waals surface area contributed by atoms with Crippen molar-refractivity contribution in [2.24, 2.45) is 47.3 Å². The minimum absolute atomic E-state index is 0.0756. The van der Waals surface area contributed by atoms with E-state index in [1.807, 2.05) is 4.90 Å². The molecule has 16 heteroatoms. The van der Waals surface area contributed by atoms with Gasteiger partial charge < -0.3 is 20.0 Å². The van der Waals surface area contributed by atoms with E-state index >= 15 is 0 Å². The Morgan fingerprint density at radius 3 is 1.69 bits per heavy atom. The number of hydrogen-bond acceptors (Lipinski definition) is 8. The number of halogens is 4. The third-order valence-corrected chi connectivity index (χ3v) is 14.3. The highest BCUT2D eigenvalue weighted by Gasteiger charge is 2.49. The second kappa shape index (κ2) is 15.9. The molecule has 11 rings (SSSR count). The molecule has 8 atom stereocenters. The van der Waals surface area contributed by atoms with Crippen LogP contribution in [0.3, 0.4) is 0 Å². The van der Waals surface area contributed by atoms with Gasteiger partial charge in [0.2, 0.25) is 5.91 Å². The molecule has 4 saturated carbocycles. The standard InChI is InChI=1S/C25H27F2N5O.C20H18F2N4O2/c26-17-10-19-20(12-29-24(19)28-11-17)25-30-13-21(27)22(31-25)8-15-5-14-6-16(18(15)7-14)9-23(33)32-3-1-2-4-32;21-11-5-13-15(7-24-18(13)23-6-11)19-25-8-16(22)17(26-19)4-10-1-9-2-12(10)14(3-9)20(27)28/h10-16,18H,1-9H2,(H,28,29);5-10,12,14H,1-4H2,(H,23,24)(H,27,28). The zero-order chi connectivity index (χ0) is 41.9. The van der Waals surface area contributed by atoms with Gasteiger partial charge in [-0.1, -0.05) is 0 Å². The van der Waals surface area contributed by atoms with Crippen LogP contribution >= 0.6 is 0 Å². The Kier molecular flexibility index (Phi) is 10.3. The Balaban J connectivity index is 0.000000148. The number of carboxylic acid groups (broad SMARTS) is 1. The molecule has 7 heterocycles. The zero-order valence-corrected chi connectivity index (χ0v) is 33.3. The van der Waals surface area contributed by atoms with E-state index in [1.54, 1.807) is 12.4 Å². The summed E-state index contributed by atoms with van der Waals surface area (Å²) in [6, 6.07) is 2.73. The lowest BCUT2D eigenvalue weighted by Crippen LogP contribution is -2.32. The van der Waals surface area contributed by atoms with Crippen molar-refractivity contribution in [3.63, 3.8) is 0 Å². The largest absolute Gasteiger partial charge is 0.481 e. The van der Waals surface area contributed by atoms with E-state index in [1.165, 1.54) is 18.3 Å². The quantitative estimate of drug-likeness (QED) is 0.122. The van der Waals surface area contributed by atoms with Crippen LogP contribution in [0.25, 0.3) is 44.8 Å². The molecule has 3 N–H and O–H groups in total. The SMILES string of the molecule is O=C(CC1CC2CC(Cc3nc(-c4c[nH]c5ncc(F)cc45)ncc3F)C1C2)N1CCCC1.O=C(O)C1CC2CC(Cc3nc(-c4c[nH]c5ncc(F)cc45)ncc3F)C1C2. The van der Waals surface area contributed by atoms with Crippen LogP contribution in [0, 0.1) is 70.6 Å². The van der Waals surface area contributed by atoms with E-state index in [-0.39, 0.29) is 23.4 Å². The Hall–Kier alpha value is -5.80. The first-order valence-corrected chi connectivity index (χ1v) is 21.3. The third-order valence-electron chi connectivity index (χ3n) is 14.3. The number of carbonyl (C=O) groups excluding carboxylic acids is 1. The van der Waals surface area contributed by atoms with Gasteiger partial charge in [0, 0.05) is 53.8 Å². The summed E-state index contributed by atoms with van der Waals surface area (Å²) in [6.07, 6.45) is 17.6. The summed E-state index contributed by atoms with van der Waals surface area (Å²) in [7, 11) is 0. The lowest BCUT2D eigenvalue weighted by Gasteiger charge is -2.30. The first-order chi connectivity index (χ1) is 29.5. The second-order valence-electron chi connectivity index (χ2n) is 17.9. The molecule has 5 fully saturated rings. The van der Waals surface area contributed by atoms with E-state index in [4.69, 9.17) is 0 Å². The maximum atomic E-state index is 14.7. The number of aromatic amines is 2. The van der Waals surface area contributed by atoms with Crippen LogP contribution in [0.15, 0.2) is 49.3 Å². The number of aromatic nitrogens is 8. The number of likely N-dealkylation sites (tertiary alicyclic amines) is 1. The van der Waals surface area contributed by atoms with Gasteiger partial charge in [-0.3, -0.25) is 9.59 Å². The molecule has 4 aliphatic carbocycles. The van der Waals surface area contributed by atoms with Crippen molar-refractivity contribution in [2.45, 2.75) is 70.6 Å². The van der Waals surface area contributed by atoms with E-state index in [0.29, 0.717) is 105 Å². The number of amides is 1. The Morgan fingerprint density at radius 1 is 0.656 bits per heavy atom. The molecule has 5 aliphatic rings. The molecular weight excluding hydrogens is 791 g/mol. The molecule has 1 amide bonds. The summed E-state index contributed by atoms with van der Waals surface area (Å²) >= 11 is 0. The zero-order valence-electron chi connectivity index (χ0n) is 33.3. The molecule has 4 bridgehead atoms. The van der Waals surface area contributed by atoms with Gasteiger partial charge in [-0.25, -0.2) is 47.5 Å². The van der Waals surface area contributed by atoms with Crippen LogP contribution in [-0.2, 0) is 22.4 Å². The number of nitrogens with zero attached hydrogens (tertiary/aromatic N) is 7. The maximum Gasteiger partial charge on any atom is 0.306 e. The number of carboxylic acids is 1. The Labute approximate surface area is 348 Å². The second-order valence-corrected chi connectivity index (χ2v) is 17.9. The number of pyridine rings is 2. The molecule has 0 spiro atoms. The van der Waals surface area contributed by atoms with Crippen LogP contribution in [0.5, 0.6) is 0 Å². The average molecular weight is 836 g/mol. The van der Waals surface area contributed by atoms with Crippen molar-refractivity contribution >= 4 is 33.9 Å². The number of hydrogen-bond donors (Lipinski definition) is 3. The van der Waals surface area contributed by atoms with Crippen molar-refractivity contribution < 1.29 is 32.3 Å². The molecule has 6 aromatic heterocycles. The molecule has 12 nitrogen and oxygen atoms in total. The Bertz CT molecular complexity index is 2650. The van der Waals surface area contributed by atoms with Gasteiger partial charge in [0.05, 0.1) is 42.1 Å². The molecule has 0 radical (unpaired) electrons. The van der Waals surface area contributed by atoms with Crippen LogP contribution in [-0.4, -0.2) is 74.8 Å². The molecule has 1 aliphatic heterocycles. The fraction of sp³-hybridized carbons (Fsp3) is 0.467. The molecule has 0 aromatic carbocycles. The van der Waals surface area contributed by atoms with E-state index in [9.17, 15) is 32.3 Å². The summed E-state index contributed by atoms with van der Waals surface area (Å²) in [4.78, 5) is 57.4. The van der Waals surface area contributed by atoms with E-state index in [2.05, 4.69) is 39.9 Å². The molecule has 8 unspecified atom stereocenters. The molecule has 61 heavy (non-hydrogen) atoms. The summed E-state index contributed by atoms with van der Waals surface area (Å²) in [5, 5.41) is 10.5. The van der Waals surface area contributed by atoms with Crippen LogP contribution in [0.2, 0.25) is 0 Å². The maximum absolute atomic E-state index is 14.7. The summed E-state index contributed by atoms with van der Waals surface area (Å²) in [5.41, 5.74) is 2.90. The average Bonchev–Trinajstić information content (AvgIpc) is 4.11. The van der Waals surface area contributed by atoms with Crippen molar-refractivity contribution in [3.05, 3.63) is 84.0 Å². The van der Waals surface area contributed by atoms with Gasteiger partial charge in [0.25, 0.3) is 0 Å². The molecule has 316 valence electrons. The van der Waals surface area contributed by atoms with E-state index in [0.717, 1.165) is 83.0 Å². The van der Waals surface area contributed by atoms with Gasteiger partial charge >= 0.3 is 5.97 Å². The van der Waals surface area contributed by atoms with Crippen LogP contribution in [0.4, 0.5) is 17.6 Å². The summed E-state index contributed by atoms with van der Waals surface area (Å²) in [6.45, 7) is 1.79. The first kappa shape index (κ1) is 39.3. The van der Waals surface area contributed by atoms with Crippen molar-refractivity contribution in [1.82, 2.24) is 44.8 Å². The lowest BCUT2D eigenvalue weighted by molar-refractivity contribution is -0.144. The highest BCUT2D eigenvalue weighted by molar-refractivity contribution is 5.92. The van der Waals surface area contributed by atoms with Gasteiger partial charge in [0.1, 0.15) is 22.9 Å². The highest BCUT2D eigenvalue weighted by Crippen LogP contribution is 2.55. The smallest absolute Gasteiger partial charge is 0.306 e. The van der Waals surface area contributed by atoms with Crippen molar-refractivity contribution in [2.75, 3.05) is 13.1 Å². The third kappa shape index (κ3) is 7.62. The van der Waals surface area contributed by atoms with E-state index < -0.39 is 29.2 Å². The Morgan fingerprint density at radius 2 is 1.16 bits per heavy atom. The lowest BCUT2D eigenvalue weighted by atomic mass is 9.77. The topological polar surface area (TPSA) is 167 Å². The van der Waals surface area contributed by atoms with Crippen LogP contribution < -0.4 is 0 Å². The summed E-state index contributed by atoms with van der Waals surface area (Å²) in [5.74, 6) is 0.445. The predicted molar refractivity (Wildman–Crippen MR) is 215 cm³/mol. The van der Waals surface area contributed by atoms with Gasteiger partial charge in [-0.05, 0) is 118 Å². The summed E-state index contributed by atoms with van der Waals surface area (Å²) < 4.78 is 56.5. The number of nitrogens with one attached hydrogen (secondary N) is 2. The van der Waals surface area contributed by atoms with Gasteiger partial charge in [-0.2, -0.15) is 0 Å². The number of fused-ring (bicyclic) bond motifs is 6. The fourth-order valence-electron chi connectivity index (χ4n) is 11.6. The number of H-pyrrole nitrogens is 2.